The average Bonchev–Trinajstić information content (AvgIpc) is 3.05. The van der Waals surface area contributed by atoms with Crippen LogP contribution in [0, 0.1) is 0 Å². The lowest BCUT2D eigenvalue weighted by Gasteiger charge is -2.04. The number of rotatable bonds is 4. The van der Waals surface area contributed by atoms with Gasteiger partial charge in [-0.1, -0.05) is 60.7 Å². The van der Waals surface area contributed by atoms with Crippen molar-refractivity contribution in [3.05, 3.63) is 71.9 Å². The molecule has 2 aromatic carbocycles. The number of aromatic nitrogens is 4. The van der Waals surface area contributed by atoms with Gasteiger partial charge in [-0.2, -0.15) is 5.10 Å². The Labute approximate surface area is 139 Å². The van der Waals surface area contributed by atoms with Crippen molar-refractivity contribution in [1.29, 1.82) is 0 Å². The average molecular weight is 315 g/mol. The van der Waals surface area contributed by atoms with E-state index in [1.54, 1.807) is 0 Å². The van der Waals surface area contributed by atoms with Crippen LogP contribution in [0.5, 0.6) is 0 Å². The minimum atomic E-state index is 0.468. The van der Waals surface area contributed by atoms with Gasteiger partial charge in [0, 0.05) is 11.3 Å². The van der Waals surface area contributed by atoms with Crippen molar-refractivity contribution in [3.8, 4) is 11.4 Å². The quantitative estimate of drug-likeness (QED) is 0.605. The molecular formula is C19H17N5. The molecule has 4 aromatic rings. The normalized spacial score (nSPS) is 11.0. The third-order valence-corrected chi connectivity index (χ3v) is 4.05. The van der Waals surface area contributed by atoms with Gasteiger partial charge in [-0.15, -0.1) is 0 Å². The Hall–Kier alpha value is -3.21. The number of hydrogen-bond donors (Lipinski definition) is 2. The van der Waals surface area contributed by atoms with E-state index in [1.807, 2.05) is 48.5 Å². The van der Waals surface area contributed by atoms with Gasteiger partial charge in [0.25, 0.3) is 0 Å². The Morgan fingerprint density at radius 1 is 0.833 bits per heavy atom. The zero-order valence-corrected chi connectivity index (χ0v) is 13.1. The Bertz CT molecular complexity index is 961. The van der Waals surface area contributed by atoms with Crippen LogP contribution >= 0.6 is 0 Å². The molecule has 118 valence electrons. The molecule has 2 heterocycles. The molecule has 0 unspecified atom stereocenters. The summed E-state index contributed by atoms with van der Waals surface area (Å²) in [5, 5.41) is 8.22. The predicted octanol–water partition coefficient (Wildman–Crippen LogP) is 3.39. The van der Waals surface area contributed by atoms with E-state index in [1.165, 1.54) is 5.56 Å². The molecule has 0 aliphatic rings. The second-order valence-corrected chi connectivity index (χ2v) is 5.68. The number of nitrogens with one attached hydrogen (secondary N) is 1. The number of aryl methyl sites for hydroxylation is 2. The van der Waals surface area contributed by atoms with Crippen LogP contribution in [0.25, 0.3) is 22.4 Å². The van der Waals surface area contributed by atoms with Crippen molar-refractivity contribution >= 4 is 16.9 Å². The van der Waals surface area contributed by atoms with Gasteiger partial charge in [-0.3, -0.25) is 5.10 Å². The molecule has 0 saturated heterocycles. The molecule has 5 heteroatoms. The Morgan fingerprint density at radius 3 is 2.29 bits per heavy atom. The highest BCUT2D eigenvalue weighted by molar-refractivity contribution is 5.89. The number of anilines is 1. The summed E-state index contributed by atoms with van der Waals surface area (Å²) in [4.78, 5) is 9.01. The van der Waals surface area contributed by atoms with Crippen LogP contribution in [-0.2, 0) is 12.8 Å². The Kier molecular flexibility index (Phi) is 3.67. The summed E-state index contributed by atoms with van der Waals surface area (Å²) in [5.74, 6) is 1.07. The first-order valence-electron chi connectivity index (χ1n) is 7.91. The molecule has 4 rings (SSSR count). The molecule has 0 aliphatic carbocycles. The van der Waals surface area contributed by atoms with E-state index < -0.39 is 0 Å². The van der Waals surface area contributed by atoms with Crippen LogP contribution in [0.4, 0.5) is 5.82 Å². The van der Waals surface area contributed by atoms with E-state index in [0.717, 1.165) is 29.5 Å². The molecule has 0 radical (unpaired) electrons. The van der Waals surface area contributed by atoms with Crippen LogP contribution < -0.4 is 5.73 Å². The first-order chi connectivity index (χ1) is 11.8. The van der Waals surface area contributed by atoms with Gasteiger partial charge >= 0.3 is 0 Å². The molecular weight excluding hydrogens is 298 g/mol. The van der Waals surface area contributed by atoms with Gasteiger partial charge in [0.05, 0.1) is 5.39 Å². The lowest BCUT2D eigenvalue weighted by molar-refractivity contribution is 0.900. The second-order valence-electron chi connectivity index (χ2n) is 5.68. The Morgan fingerprint density at radius 2 is 1.54 bits per heavy atom. The van der Waals surface area contributed by atoms with E-state index in [4.69, 9.17) is 5.73 Å². The summed E-state index contributed by atoms with van der Waals surface area (Å²) in [5.41, 5.74) is 10.00. The van der Waals surface area contributed by atoms with Crippen molar-refractivity contribution in [1.82, 2.24) is 20.2 Å². The minimum absolute atomic E-state index is 0.468. The summed E-state index contributed by atoms with van der Waals surface area (Å²) in [7, 11) is 0. The third-order valence-electron chi connectivity index (χ3n) is 4.05. The third kappa shape index (κ3) is 2.72. The fourth-order valence-corrected chi connectivity index (χ4v) is 2.82. The largest absolute Gasteiger partial charge is 0.383 e. The zero-order chi connectivity index (χ0) is 16.4. The lowest BCUT2D eigenvalue weighted by atomic mass is 10.1. The maximum absolute atomic E-state index is 6.20. The number of aromatic amines is 1. The SMILES string of the molecule is Nc1nc(-c2ccccc2)nc2n[nH]c(CCc3ccccc3)c12. The first kappa shape index (κ1) is 14.4. The summed E-state index contributed by atoms with van der Waals surface area (Å²) in [6.07, 6.45) is 1.73. The molecule has 24 heavy (non-hydrogen) atoms. The molecule has 0 amide bonds. The van der Waals surface area contributed by atoms with E-state index in [2.05, 4.69) is 32.3 Å². The fraction of sp³-hybridized carbons (Fsp3) is 0.105. The smallest absolute Gasteiger partial charge is 0.186 e. The number of H-pyrrole nitrogens is 1. The van der Waals surface area contributed by atoms with Crippen LogP contribution in [0.15, 0.2) is 60.7 Å². The van der Waals surface area contributed by atoms with Crippen molar-refractivity contribution in [2.24, 2.45) is 0 Å². The molecule has 0 fully saturated rings. The highest BCUT2D eigenvalue weighted by atomic mass is 15.2. The highest BCUT2D eigenvalue weighted by Gasteiger charge is 2.14. The van der Waals surface area contributed by atoms with Gasteiger partial charge in [0.1, 0.15) is 5.82 Å². The van der Waals surface area contributed by atoms with E-state index in [-0.39, 0.29) is 0 Å². The van der Waals surface area contributed by atoms with Crippen LogP contribution in [0.3, 0.4) is 0 Å². The Balaban J connectivity index is 1.67. The van der Waals surface area contributed by atoms with Crippen molar-refractivity contribution in [2.75, 3.05) is 5.73 Å². The molecule has 0 saturated carbocycles. The number of nitrogens with zero attached hydrogens (tertiary/aromatic N) is 3. The zero-order valence-electron chi connectivity index (χ0n) is 13.1. The summed E-state index contributed by atoms with van der Waals surface area (Å²) >= 11 is 0. The fourth-order valence-electron chi connectivity index (χ4n) is 2.82. The standard InChI is InChI=1S/C19H17N5/c20-17-16-15(12-11-13-7-3-1-4-8-13)23-24-19(16)22-18(21-17)14-9-5-2-6-10-14/h1-10H,11-12H2,(H3,20,21,22,23,24). The maximum Gasteiger partial charge on any atom is 0.186 e. The minimum Gasteiger partial charge on any atom is -0.383 e. The second kappa shape index (κ2) is 6.12. The molecule has 3 N–H and O–H groups in total. The summed E-state index contributed by atoms with van der Waals surface area (Å²) < 4.78 is 0. The van der Waals surface area contributed by atoms with Gasteiger partial charge < -0.3 is 5.73 Å². The summed E-state index contributed by atoms with van der Waals surface area (Å²) in [6, 6.07) is 20.1. The van der Waals surface area contributed by atoms with Gasteiger partial charge in [0.2, 0.25) is 0 Å². The number of nitrogens with two attached hydrogens (primary N) is 1. The molecule has 5 nitrogen and oxygen atoms in total. The molecule has 0 aliphatic heterocycles. The van der Waals surface area contributed by atoms with Gasteiger partial charge in [-0.25, -0.2) is 9.97 Å². The summed E-state index contributed by atoms with van der Waals surface area (Å²) in [6.45, 7) is 0. The molecule has 0 atom stereocenters. The molecule has 2 aromatic heterocycles. The van der Waals surface area contributed by atoms with Crippen LogP contribution in [0.1, 0.15) is 11.3 Å². The number of fused-ring (bicyclic) bond motifs is 1. The maximum atomic E-state index is 6.20. The van der Waals surface area contributed by atoms with E-state index >= 15 is 0 Å². The van der Waals surface area contributed by atoms with Crippen LogP contribution in [-0.4, -0.2) is 20.2 Å². The predicted molar refractivity (Wildman–Crippen MR) is 95.4 cm³/mol. The van der Waals surface area contributed by atoms with Crippen molar-refractivity contribution in [2.45, 2.75) is 12.8 Å². The monoisotopic (exact) mass is 315 g/mol. The lowest BCUT2D eigenvalue weighted by Crippen LogP contribution is -1.99. The van der Waals surface area contributed by atoms with Crippen molar-refractivity contribution < 1.29 is 0 Å². The topological polar surface area (TPSA) is 80.5 Å². The number of hydrogen-bond acceptors (Lipinski definition) is 4. The van der Waals surface area contributed by atoms with Gasteiger partial charge in [0.15, 0.2) is 11.5 Å². The van der Waals surface area contributed by atoms with Gasteiger partial charge in [-0.05, 0) is 18.4 Å². The highest BCUT2D eigenvalue weighted by Crippen LogP contribution is 2.25. The van der Waals surface area contributed by atoms with E-state index in [0.29, 0.717) is 17.3 Å². The van der Waals surface area contributed by atoms with E-state index in [9.17, 15) is 0 Å². The first-order valence-corrected chi connectivity index (χ1v) is 7.91. The number of benzene rings is 2. The van der Waals surface area contributed by atoms with Crippen molar-refractivity contribution in [3.63, 3.8) is 0 Å². The molecule has 0 spiro atoms. The number of nitrogen functional groups attached to an aromatic ring is 1. The molecule has 0 bridgehead atoms. The van der Waals surface area contributed by atoms with Crippen LogP contribution in [0.2, 0.25) is 0 Å².